The van der Waals surface area contributed by atoms with Crippen LogP contribution in [0, 0.1) is 0 Å². The Labute approximate surface area is 125 Å². The lowest BCUT2D eigenvalue weighted by Gasteiger charge is -2.29. The van der Waals surface area contributed by atoms with Crippen LogP contribution in [-0.4, -0.2) is 18.6 Å². The van der Waals surface area contributed by atoms with E-state index in [-0.39, 0.29) is 6.04 Å². The van der Waals surface area contributed by atoms with E-state index in [1.165, 1.54) is 30.5 Å². The van der Waals surface area contributed by atoms with Crippen LogP contribution >= 0.6 is 0 Å². The molecule has 0 amide bonds. The highest BCUT2D eigenvalue weighted by Crippen LogP contribution is 2.19. The van der Waals surface area contributed by atoms with E-state index >= 15 is 0 Å². The van der Waals surface area contributed by atoms with Crippen molar-refractivity contribution < 1.29 is 0 Å². The van der Waals surface area contributed by atoms with Gasteiger partial charge in [-0.3, -0.25) is 0 Å². The third kappa shape index (κ3) is 5.54. The Hall–Kier alpha value is -1.02. The summed E-state index contributed by atoms with van der Waals surface area (Å²) in [6, 6.07) is 9.81. The zero-order valence-corrected chi connectivity index (χ0v) is 13.7. The Kier molecular flexibility index (Phi) is 7.68. The Bertz CT molecular complexity index is 356. The molecule has 0 aliphatic rings. The monoisotopic (exact) mass is 276 g/mol. The number of nitrogens with two attached hydrogens (primary N) is 1. The van der Waals surface area contributed by atoms with Crippen LogP contribution in [0.2, 0.25) is 0 Å². The van der Waals surface area contributed by atoms with Gasteiger partial charge in [-0.25, -0.2) is 0 Å². The van der Waals surface area contributed by atoms with Crippen LogP contribution in [0.1, 0.15) is 58.9 Å². The van der Waals surface area contributed by atoms with E-state index in [1.807, 2.05) is 0 Å². The standard InChI is InChI=1S/C18H32N2/c1-5-7-8-13-20(15(3)4)18-11-9-16(10-12-18)14-17(19)6-2/h9-12,15,17H,5-8,13-14,19H2,1-4H3. The molecule has 0 bridgehead atoms. The van der Waals surface area contributed by atoms with Crippen molar-refractivity contribution in [3.05, 3.63) is 29.8 Å². The quantitative estimate of drug-likeness (QED) is 0.679. The number of hydrogen-bond donors (Lipinski definition) is 1. The van der Waals surface area contributed by atoms with Crippen LogP contribution in [0.25, 0.3) is 0 Å². The average Bonchev–Trinajstić information content (AvgIpc) is 2.44. The summed E-state index contributed by atoms with van der Waals surface area (Å²) >= 11 is 0. The van der Waals surface area contributed by atoms with Crippen molar-refractivity contribution in [3.8, 4) is 0 Å². The van der Waals surface area contributed by atoms with Crippen molar-refractivity contribution >= 4 is 5.69 Å². The second-order valence-electron chi connectivity index (χ2n) is 6.03. The van der Waals surface area contributed by atoms with E-state index in [0.717, 1.165) is 19.4 Å². The fourth-order valence-electron chi connectivity index (χ4n) is 2.49. The van der Waals surface area contributed by atoms with Crippen molar-refractivity contribution in [1.82, 2.24) is 0 Å². The van der Waals surface area contributed by atoms with Gasteiger partial charge in [0.25, 0.3) is 0 Å². The molecule has 114 valence electrons. The third-order valence-electron chi connectivity index (χ3n) is 3.92. The van der Waals surface area contributed by atoms with Gasteiger partial charge >= 0.3 is 0 Å². The first-order valence-corrected chi connectivity index (χ1v) is 8.19. The molecule has 1 aromatic carbocycles. The molecule has 0 saturated heterocycles. The first kappa shape index (κ1) is 17.0. The van der Waals surface area contributed by atoms with Gasteiger partial charge in [0.1, 0.15) is 0 Å². The van der Waals surface area contributed by atoms with Crippen LogP contribution in [0.5, 0.6) is 0 Å². The largest absolute Gasteiger partial charge is 0.369 e. The van der Waals surface area contributed by atoms with Gasteiger partial charge in [-0.15, -0.1) is 0 Å². The van der Waals surface area contributed by atoms with Gasteiger partial charge < -0.3 is 10.6 Å². The van der Waals surface area contributed by atoms with Gasteiger partial charge in [0.15, 0.2) is 0 Å². The van der Waals surface area contributed by atoms with Crippen molar-refractivity contribution in [1.29, 1.82) is 0 Å². The molecule has 0 aliphatic carbocycles. The molecule has 0 spiro atoms. The summed E-state index contributed by atoms with van der Waals surface area (Å²) in [7, 11) is 0. The van der Waals surface area contributed by atoms with E-state index in [2.05, 4.69) is 56.9 Å². The highest BCUT2D eigenvalue weighted by atomic mass is 15.1. The minimum atomic E-state index is 0.284. The van der Waals surface area contributed by atoms with Gasteiger partial charge in [0.05, 0.1) is 0 Å². The predicted molar refractivity (Wildman–Crippen MR) is 90.4 cm³/mol. The molecule has 1 aromatic rings. The van der Waals surface area contributed by atoms with Gasteiger partial charge in [-0.05, 0) is 50.8 Å². The van der Waals surface area contributed by atoms with Gasteiger partial charge in [-0.1, -0.05) is 38.8 Å². The second kappa shape index (κ2) is 9.02. The van der Waals surface area contributed by atoms with Crippen molar-refractivity contribution in [2.45, 2.75) is 71.9 Å². The minimum Gasteiger partial charge on any atom is -0.369 e. The highest BCUT2D eigenvalue weighted by molar-refractivity contribution is 5.48. The summed E-state index contributed by atoms with van der Waals surface area (Å²) in [6.07, 6.45) is 5.88. The van der Waals surface area contributed by atoms with Gasteiger partial charge in [0, 0.05) is 24.3 Å². The average molecular weight is 276 g/mol. The third-order valence-corrected chi connectivity index (χ3v) is 3.92. The summed E-state index contributed by atoms with van der Waals surface area (Å²) in [5.41, 5.74) is 8.71. The molecule has 0 radical (unpaired) electrons. The number of anilines is 1. The molecule has 0 aliphatic heterocycles. The smallest absolute Gasteiger partial charge is 0.0368 e. The Balaban J connectivity index is 2.67. The molecular formula is C18H32N2. The Morgan fingerprint density at radius 1 is 1.05 bits per heavy atom. The molecule has 1 unspecified atom stereocenters. The van der Waals surface area contributed by atoms with E-state index < -0.39 is 0 Å². The minimum absolute atomic E-state index is 0.284. The van der Waals surface area contributed by atoms with Crippen molar-refractivity contribution in [2.24, 2.45) is 5.73 Å². The zero-order chi connectivity index (χ0) is 15.0. The molecule has 1 rings (SSSR count). The summed E-state index contributed by atoms with van der Waals surface area (Å²) < 4.78 is 0. The number of nitrogens with zero attached hydrogens (tertiary/aromatic N) is 1. The van der Waals surface area contributed by atoms with Crippen LogP contribution in [0.15, 0.2) is 24.3 Å². The summed E-state index contributed by atoms with van der Waals surface area (Å²) in [5, 5.41) is 0. The van der Waals surface area contributed by atoms with Crippen LogP contribution in [-0.2, 0) is 6.42 Å². The summed E-state index contributed by atoms with van der Waals surface area (Å²) in [4.78, 5) is 2.50. The zero-order valence-electron chi connectivity index (χ0n) is 13.7. The molecule has 2 nitrogen and oxygen atoms in total. The number of hydrogen-bond acceptors (Lipinski definition) is 2. The van der Waals surface area contributed by atoms with Gasteiger partial charge in [-0.2, -0.15) is 0 Å². The molecule has 0 heterocycles. The second-order valence-corrected chi connectivity index (χ2v) is 6.03. The van der Waals surface area contributed by atoms with Gasteiger partial charge in [0.2, 0.25) is 0 Å². The molecular weight excluding hydrogens is 244 g/mol. The Morgan fingerprint density at radius 3 is 2.20 bits per heavy atom. The lowest BCUT2D eigenvalue weighted by Crippen LogP contribution is -2.31. The maximum atomic E-state index is 6.02. The fraction of sp³-hybridized carbons (Fsp3) is 0.667. The topological polar surface area (TPSA) is 29.3 Å². The molecule has 0 saturated carbocycles. The van der Waals surface area contributed by atoms with E-state index in [0.29, 0.717) is 6.04 Å². The molecule has 2 heteroatoms. The molecule has 0 aromatic heterocycles. The van der Waals surface area contributed by atoms with Crippen molar-refractivity contribution in [3.63, 3.8) is 0 Å². The normalized spacial score (nSPS) is 12.7. The Morgan fingerprint density at radius 2 is 1.70 bits per heavy atom. The van der Waals surface area contributed by atoms with Crippen LogP contribution in [0.3, 0.4) is 0 Å². The van der Waals surface area contributed by atoms with E-state index in [9.17, 15) is 0 Å². The van der Waals surface area contributed by atoms with Crippen LogP contribution < -0.4 is 10.6 Å². The summed E-state index contributed by atoms with van der Waals surface area (Å²) in [6.45, 7) is 10.1. The van der Waals surface area contributed by atoms with Crippen LogP contribution in [0.4, 0.5) is 5.69 Å². The lowest BCUT2D eigenvalue weighted by atomic mass is 10.0. The number of unbranched alkanes of at least 4 members (excludes halogenated alkanes) is 2. The van der Waals surface area contributed by atoms with E-state index in [4.69, 9.17) is 5.73 Å². The first-order chi connectivity index (χ1) is 9.58. The molecule has 20 heavy (non-hydrogen) atoms. The number of rotatable bonds is 9. The molecule has 0 fully saturated rings. The SMILES string of the molecule is CCCCCN(c1ccc(CC(N)CC)cc1)C(C)C. The molecule has 1 atom stereocenters. The first-order valence-electron chi connectivity index (χ1n) is 8.19. The molecule has 2 N–H and O–H groups in total. The van der Waals surface area contributed by atoms with E-state index in [1.54, 1.807) is 0 Å². The highest BCUT2D eigenvalue weighted by Gasteiger charge is 2.10. The predicted octanol–water partition coefficient (Wildman–Crippen LogP) is 4.37. The summed E-state index contributed by atoms with van der Waals surface area (Å²) in [5.74, 6) is 0. The van der Waals surface area contributed by atoms with Crippen molar-refractivity contribution in [2.75, 3.05) is 11.4 Å². The number of benzene rings is 1. The maximum absolute atomic E-state index is 6.02. The fourth-order valence-corrected chi connectivity index (χ4v) is 2.49. The maximum Gasteiger partial charge on any atom is 0.0368 e. The lowest BCUT2D eigenvalue weighted by molar-refractivity contribution is 0.625.